The summed E-state index contributed by atoms with van der Waals surface area (Å²) >= 11 is 1.50. The van der Waals surface area contributed by atoms with Crippen molar-refractivity contribution in [1.82, 2.24) is 15.0 Å². The van der Waals surface area contributed by atoms with Gasteiger partial charge in [0.05, 0.1) is 55.3 Å². The van der Waals surface area contributed by atoms with Crippen LogP contribution in [0.2, 0.25) is 0 Å². The van der Waals surface area contributed by atoms with E-state index in [1.54, 1.807) is 0 Å². The van der Waals surface area contributed by atoms with Crippen LogP contribution in [0, 0.1) is 5.41 Å². The highest BCUT2D eigenvalue weighted by molar-refractivity contribution is 7.99. The zero-order valence-electron chi connectivity index (χ0n) is 22.5. The van der Waals surface area contributed by atoms with Gasteiger partial charge in [0.1, 0.15) is 17.3 Å². The highest BCUT2D eigenvalue weighted by atomic mass is 32.2. The summed E-state index contributed by atoms with van der Waals surface area (Å²) in [6, 6.07) is 2.23. The molecule has 1 unspecified atom stereocenters. The second kappa shape index (κ2) is 10.7. The van der Waals surface area contributed by atoms with Crippen molar-refractivity contribution >= 4 is 23.4 Å². The summed E-state index contributed by atoms with van der Waals surface area (Å²) in [6.45, 7) is 7.59. The van der Waals surface area contributed by atoms with E-state index in [2.05, 4.69) is 16.7 Å². The van der Waals surface area contributed by atoms with Gasteiger partial charge in [-0.3, -0.25) is 0 Å². The largest absolute Gasteiger partial charge is 0.486 e. The lowest BCUT2D eigenvalue weighted by Crippen LogP contribution is -2.41. The van der Waals surface area contributed by atoms with Gasteiger partial charge in [-0.05, 0) is 50.5 Å². The van der Waals surface area contributed by atoms with Crippen LogP contribution in [0.4, 0.5) is 11.6 Å². The molecule has 1 N–H and O–H groups in total. The summed E-state index contributed by atoms with van der Waals surface area (Å²) in [5.74, 6) is 2.44. The molecule has 0 aliphatic carbocycles. The summed E-state index contributed by atoms with van der Waals surface area (Å²) < 4.78 is 23.9. The van der Waals surface area contributed by atoms with Crippen LogP contribution in [0.15, 0.2) is 28.4 Å². The van der Waals surface area contributed by atoms with Crippen LogP contribution in [0.3, 0.4) is 0 Å². The molecule has 210 valence electrons. The van der Waals surface area contributed by atoms with Crippen molar-refractivity contribution in [2.45, 2.75) is 79.9 Å². The van der Waals surface area contributed by atoms with Crippen molar-refractivity contribution in [1.29, 1.82) is 0 Å². The molecule has 4 atom stereocenters. The van der Waals surface area contributed by atoms with Crippen molar-refractivity contribution in [3.05, 3.63) is 24.2 Å². The van der Waals surface area contributed by atoms with Crippen molar-refractivity contribution in [2.24, 2.45) is 5.41 Å². The lowest BCUT2D eigenvalue weighted by Gasteiger charge is -2.39. The molecule has 7 heterocycles. The molecule has 11 heteroatoms. The molecule has 0 aromatic carbocycles. The SMILES string of the molecule is C[C@H]1CC2(CCN(c3ncc(Sc4ccnc5c4OC[C@@H]4C[C@H](OC6CCOC6)CN54)nc3CO)CC2)CO1. The second-order valence-corrected chi connectivity index (χ2v) is 12.7. The number of hydrogen-bond donors (Lipinski definition) is 1. The standard InChI is InChI=1S/C28H37N5O5S/c1-18-11-28(17-37-18)4-7-32(8-5-28)26-22(14-34)31-24(12-30-26)39-23-2-6-29-27-25(23)36-15-19-10-21(13-33(19)27)38-20-3-9-35-16-20/h2,6,12,18-21,34H,3-5,7-11,13-17H2,1H3/t18-,19-,20?,21-/m0/s1. The Morgan fingerprint density at radius 3 is 2.85 bits per heavy atom. The number of aromatic nitrogens is 3. The molecular weight excluding hydrogens is 518 g/mol. The molecule has 1 spiro atoms. The second-order valence-electron chi connectivity index (χ2n) is 11.6. The van der Waals surface area contributed by atoms with E-state index in [1.165, 1.54) is 11.8 Å². The lowest BCUT2D eigenvalue weighted by atomic mass is 9.77. The third-order valence-corrected chi connectivity index (χ3v) is 9.82. The number of rotatable bonds is 6. The number of aliphatic hydroxyl groups excluding tert-OH is 1. The van der Waals surface area contributed by atoms with Gasteiger partial charge in [0.25, 0.3) is 0 Å². The normalized spacial score (nSPS) is 29.5. The van der Waals surface area contributed by atoms with Crippen LogP contribution in [0.5, 0.6) is 5.75 Å². The van der Waals surface area contributed by atoms with Gasteiger partial charge in [0.15, 0.2) is 17.4 Å². The Bertz CT molecular complexity index is 1190. The first-order chi connectivity index (χ1) is 19.1. The van der Waals surface area contributed by atoms with E-state index < -0.39 is 0 Å². The smallest absolute Gasteiger partial charge is 0.175 e. The molecule has 0 bridgehead atoms. The van der Waals surface area contributed by atoms with Crippen LogP contribution >= 0.6 is 11.8 Å². The fourth-order valence-electron chi connectivity index (χ4n) is 6.83. The molecule has 5 aliphatic rings. The average Bonchev–Trinajstić information content (AvgIpc) is 3.70. The minimum Gasteiger partial charge on any atom is -0.486 e. The maximum Gasteiger partial charge on any atom is 0.175 e. The summed E-state index contributed by atoms with van der Waals surface area (Å²) in [7, 11) is 0. The minimum absolute atomic E-state index is 0.146. The van der Waals surface area contributed by atoms with Gasteiger partial charge in [-0.1, -0.05) is 11.8 Å². The van der Waals surface area contributed by atoms with Crippen molar-refractivity contribution in [3.63, 3.8) is 0 Å². The quantitative estimate of drug-likeness (QED) is 0.569. The number of nitrogens with zero attached hydrogens (tertiary/aromatic N) is 5. The van der Waals surface area contributed by atoms with Gasteiger partial charge < -0.3 is 33.9 Å². The van der Waals surface area contributed by atoms with Crippen molar-refractivity contribution < 1.29 is 24.1 Å². The van der Waals surface area contributed by atoms with Gasteiger partial charge in [-0.2, -0.15) is 0 Å². The first-order valence-electron chi connectivity index (χ1n) is 14.2. The molecule has 7 rings (SSSR count). The summed E-state index contributed by atoms with van der Waals surface area (Å²) in [5.41, 5.74) is 0.913. The number of ether oxygens (including phenoxy) is 4. The van der Waals surface area contributed by atoms with E-state index in [-0.39, 0.29) is 24.9 Å². The highest BCUT2D eigenvalue weighted by Crippen LogP contribution is 2.45. The van der Waals surface area contributed by atoms with E-state index in [0.717, 1.165) is 92.3 Å². The molecule has 10 nitrogen and oxygen atoms in total. The maximum absolute atomic E-state index is 10.2. The zero-order valence-corrected chi connectivity index (χ0v) is 23.3. The third kappa shape index (κ3) is 5.08. The van der Waals surface area contributed by atoms with E-state index in [4.69, 9.17) is 33.9 Å². The molecule has 0 radical (unpaired) electrons. The van der Waals surface area contributed by atoms with Crippen LogP contribution in [0.1, 0.15) is 44.7 Å². The fraction of sp³-hybridized carbons (Fsp3) is 0.679. The molecule has 4 saturated heterocycles. The fourth-order valence-corrected chi connectivity index (χ4v) is 7.68. The van der Waals surface area contributed by atoms with Gasteiger partial charge >= 0.3 is 0 Å². The predicted octanol–water partition coefficient (Wildman–Crippen LogP) is 3.06. The van der Waals surface area contributed by atoms with Crippen molar-refractivity contribution in [2.75, 3.05) is 55.9 Å². The van der Waals surface area contributed by atoms with Gasteiger partial charge in [0.2, 0.25) is 0 Å². The Morgan fingerprint density at radius 2 is 2.08 bits per heavy atom. The number of piperidine rings is 1. The van der Waals surface area contributed by atoms with Gasteiger partial charge in [0, 0.05) is 32.4 Å². The first kappa shape index (κ1) is 25.8. The highest BCUT2D eigenvalue weighted by Gasteiger charge is 2.42. The monoisotopic (exact) mass is 555 g/mol. The minimum atomic E-state index is -0.146. The molecule has 5 aliphatic heterocycles. The maximum atomic E-state index is 10.2. The summed E-state index contributed by atoms with van der Waals surface area (Å²) in [4.78, 5) is 19.8. The number of pyridine rings is 1. The van der Waals surface area contributed by atoms with E-state index >= 15 is 0 Å². The lowest BCUT2D eigenvalue weighted by molar-refractivity contribution is -0.00632. The number of fused-ring (bicyclic) bond motifs is 3. The first-order valence-corrected chi connectivity index (χ1v) is 15.0. The molecule has 0 saturated carbocycles. The summed E-state index contributed by atoms with van der Waals surface area (Å²) in [5, 5.41) is 10.9. The van der Waals surface area contributed by atoms with E-state index in [9.17, 15) is 5.11 Å². The predicted molar refractivity (Wildman–Crippen MR) is 146 cm³/mol. The Hall–Kier alpha value is -2.18. The average molecular weight is 556 g/mol. The summed E-state index contributed by atoms with van der Waals surface area (Å²) in [6.07, 6.45) is 9.55. The Kier molecular flexibility index (Phi) is 7.04. The molecule has 4 fully saturated rings. The van der Waals surface area contributed by atoms with Crippen LogP contribution < -0.4 is 14.5 Å². The zero-order chi connectivity index (χ0) is 26.4. The Labute approximate surface area is 233 Å². The van der Waals surface area contributed by atoms with E-state index in [0.29, 0.717) is 30.4 Å². The third-order valence-electron chi connectivity index (χ3n) is 8.87. The molecule has 2 aromatic rings. The van der Waals surface area contributed by atoms with E-state index in [1.807, 2.05) is 18.5 Å². The molecule has 0 amide bonds. The Balaban J connectivity index is 1.05. The number of hydrogen-bond acceptors (Lipinski definition) is 11. The van der Waals surface area contributed by atoms with Crippen LogP contribution in [-0.4, -0.2) is 90.5 Å². The van der Waals surface area contributed by atoms with Gasteiger partial charge in [-0.15, -0.1) is 0 Å². The van der Waals surface area contributed by atoms with Crippen molar-refractivity contribution in [3.8, 4) is 5.75 Å². The van der Waals surface area contributed by atoms with Crippen LogP contribution in [0.25, 0.3) is 0 Å². The Morgan fingerprint density at radius 1 is 1.18 bits per heavy atom. The van der Waals surface area contributed by atoms with Crippen LogP contribution in [-0.2, 0) is 20.8 Å². The number of anilines is 2. The number of aliphatic hydroxyl groups is 1. The topological polar surface area (TPSA) is 102 Å². The molecular formula is C28H37N5O5S. The molecule has 39 heavy (non-hydrogen) atoms. The molecule has 2 aromatic heterocycles. The van der Waals surface area contributed by atoms with Gasteiger partial charge in [-0.25, -0.2) is 15.0 Å².